The number of nitriles is 1. The summed E-state index contributed by atoms with van der Waals surface area (Å²) in [6.07, 6.45) is 1.68. The van der Waals surface area contributed by atoms with Gasteiger partial charge < -0.3 is 19.1 Å². The largest absolute Gasteiger partial charge is 0.523 e. The van der Waals surface area contributed by atoms with E-state index >= 15 is 0 Å². The molecule has 0 amide bonds. The van der Waals surface area contributed by atoms with Crippen molar-refractivity contribution < 1.29 is 40.6 Å². The van der Waals surface area contributed by atoms with E-state index in [0.717, 1.165) is 18.5 Å². The average molecular weight is 496 g/mol. The van der Waals surface area contributed by atoms with Crippen LogP contribution in [-0.2, 0) is 42.9 Å². The molecule has 0 spiro atoms. The second kappa shape index (κ2) is 13.6. The molecule has 7 nitrogen and oxygen atoms in total. The third-order valence-corrected chi connectivity index (χ3v) is 5.43. The third kappa shape index (κ3) is 7.32. The number of carbonyl (C=O) groups excluding carboxylic acids is 2. The van der Waals surface area contributed by atoms with E-state index in [1.165, 1.54) is 21.3 Å². The van der Waals surface area contributed by atoms with Gasteiger partial charge in [0.25, 0.3) is 0 Å². The molecule has 8 heteroatoms. The van der Waals surface area contributed by atoms with Crippen molar-refractivity contribution in [2.45, 2.75) is 24.7 Å². The summed E-state index contributed by atoms with van der Waals surface area (Å²) in [7, 11) is 6.14. The number of benzene rings is 2. The Morgan fingerprint density at radius 2 is 1.88 bits per heavy atom. The van der Waals surface area contributed by atoms with E-state index in [4.69, 9.17) is 14.2 Å². The number of likely N-dealkylation sites (N-methyl/N-ethyl adjacent to an activating group) is 1. The molecule has 2 rings (SSSR count). The van der Waals surface area contributed by atoms with Gasteiger partial charge in [-0.1, -0.05) is 12.1 Å². The number of rotatable bonds is 11. The summed E-state index contributed by atoms with van der Waals surface area (Å²) >= 11 is 0. The molecule has 1 atom stereocenters. The summed E-state index contributed by atoms with van der Waals surface area (Å²) in [4.78, 5) is 26.4. The minimum absolute atomic E-state index is 0. The fraction of sp³-hybridized carbons (Fsp3) is 0.400. The monoisotopic (exact) mass is 496 g/mol. The Morgan fingerprint density at radius 1 is 1.12 bits per heavy atom. The van der Waals surface area contributed by atoms with E-state index in [1.807, 2.05) is 25.2 Å². The second-order valence-corrected chi connectivity index (χ2v) is 7.50. The molecular weight excluding hydrogens is 467 g/mol. The van der Waals surface area contributed by atoms with E-state index in [0.29, 0.717) is 36.3 Å². The number of hydrogen-bond donors (Lipinski definition) is 0. The maximum Gasteiger partial charge on any atom is 0.337 e. The first-order valence-electron chi connectivity index (χ1n) is 10.3. The van der Waals surface area contributed by atoms with Crippen molar-refractivity contribution in [1.29, 1.82) is 5.26 Å². The Kier molecular flexibility index (Phi) is 11.6. The molecule has 0 aliphatic rings. The number of hydrogen-bond acceptors (Lipinski definition) is 7. The molecule has 0 aliphatic heterocycles. The van der Waals surface area contributed by atoms with E-state index in [1.54, 1.807) is 24.3 Å². The molecule has 0 aliphatic carbocycles. The third-order valence-electron chi connectivity index (χ3n) is 5.43. The number of esters is 2. The summed E-state index contributed by atoms with van der Waals surface area (Å²) in [5.41, 5.74) is 0.686. The molecule has 0 saturated carbocycles. The van der Waals surface area contributed by atoms with Crippen LogP contribution >= 0.6 is 0 Å². The SMILES string of the molecule is COC(=O)c1cccc(CCN(C)CCCC(C#N)(C(=O)OC)c2cc[c-]c(OC)c2)c1.[Co]. The Morgan fingerprint density at radius 3 is 2.52 bits per heavy atom. The van der Waals surface area contributed by atoms with Crippen LogP contribution in [0.1, 0.15) is 34.3 Å². The van der Waals surface area contributed by atoms with Crippen molar-refractivity contribution in [2.24, 2.45) is 0 Å². The fourth-order valence-corrected chi connectivity index (χ4v) is 3.55. The van der Waals surface area contributed by atoms with E-state index in [2.05, 4.69) is 17.0 Å². The molecule has 1 unspecified atom stereocenters. The normalized spacial score (nSPS) is 12.1. The summed E-state index contributed by atoms with van der Waals surface area (Å²) in [6.45, 7) is 1.45. The molecular formula is C25H29CoN2O5-. The van der Waals surface area contributed by atoms with Crippen molar-refractivity contribution >= 4 is 11.9 Å². The molecule has 0 fully saturated rings. The number of carbonyl (C=O) groups is 2. The summed E-state index contributed by atoms with van der Waals surface area (Å²) in [5, 5.41) is 9.95. The van der Waals surface area contributed by atoms with Crippen LogP contribution in [0.3, 0.4) is 0 Å². The minimum atomic E-state index is -1.41. The number of nitrogens with zero attached hydrogens (tertiary/aromatic N) is 2. The number of methoxy groups -OCH3 is 3. The fourth-order valence-electron chi connectivity index (χ4n) is 3.55. The van der Waals surface area contributed by atoms with Crippen LogP contribution in [0.2, 0.25) is 0 Å². The molecule has 0 heterocycles. The number of ether oxygens (including phenoxy) is 3. The molecule has 2 aromatic carbocycles. The molecule has 33 heavy (non-hydrogen) atoms. The van der Waals surface area contributed by atoms with Crippen LogP contribution < -0.4 is 4.74 Å². The standard InChI is InChI=1S/C25H29N2O5.Co/c1-27(15-12-19-8-5-9-20(16-19)23(28)31-3)14-7-13-25(18-26,24(29)32-4)21-10-6-11-22(17-21)30-2;/h5-6,8-10,16-17H,7,12-15H2,1-4H3;/q-1;. The Balaban J connectivity index is 0.00000544. The first-order valence-corrected chi connectivity index (χ1v) is 10.3. The summed E-state index contributed by atoms with van der Waals surface area (Å²) < 4.78 is 14.9. The van der Waals surface area contributed by atoms with Gasteiger partial charge in [-0.15, -0.1) is 17.7 Å². The minimum Gasteiger partial charge on any atom is -0.523 e. The molecule has 179 valence electrons. The average Bonchev–Trinajstić information content (AvgIpc) is 2.84. The smallest absolute Gasteiger partial charge is 0.337 e. The van der Waals surface area contributed by atoms with Crippen LogP contribution in [-0.4, -0.2) is 58.3 Å². The van der Waals surface area contributed by atoms with Gasteiger partial charge in [-0.3, -0.25) is 4.79 Å². The van der Waals surface area contributed by atoms with Crippen molar-refractivity contribution in [3.8, 4) is 11.8 Å². The molecule has 0 saturated heterocycles. The van der Waals surface area contributed by atoms with Gasteiger partial charge in [0, 0.05) is 29.1 Å². The molecule has 1 radical (unpaired) electrons. The maximum absolute atomic E-state index is 12.6. The van der Waals surface area contributed by atoms with Gasteiger partial charge in [0.05, 0.1) is 33.0 Å². The van der Waals surface area contributed by atoms with Gasteiger partial charge in [0.15, 0.2) is 5.41 Å². The second-order valence-electron chi connectivity index (χ2n) is 7.50. The zero-order valence-electron chi connectivity index (χ0n) is 19.3. The van der Waals surface area contributed by atoms with Crippen molar-refractivity contribution in [2.75, 3.05) is 41.5 Å². The Labute approximate surface area is 205 Å². The quantitative estimate of drug-likeness (QED) is 0.349. The van der Waals surface area contributed by atoms with Crippen molar-refractivity contribution in [3.05, 3.63) is 65.2 Å². The van der Waals surface area contributed by atoms with Crippen LogP contribution in [0.15, 0.2) is 42.5 Å². The molecule has 0 N–H and O–H groups in total. The van der Waals surface area contributed by atoms with E-state index < -0.39 is 11.4 Å². The Hall–Kier alpha value is -2.86. The van der Waals surface area contributed by atoms with E-state index in [-0.39, 0.29) is 22.7 Å². The zero-order valence-corrected chi connectivity index (χ0v) is 20.4. The van der Waals surface area contributed by atoms with Crippen molar-refractivity contribution in [3.63, 3.8) is 0 Å². The Bertz CT molecular complexity index is 975. The van der Waals surface area contributed by atoms with E-state index in [9.17, 15) is 14.9 Å². The summed E-state index contributed by atoms with van der Waals surface area (Å²) in [6, 6.07) is 17.4. The predicted molar refractivity (Wildman–Crippen MR) is 119 cm³/mol. The maximum atomic E-state index is 12.6. The van der Waals surface area contributed by atoms with Gasteiger partial charge in [-0.2, -0.15) is 17.4 Å². The van der Waals surface area contributed by atoms with Gasteiger partial charge >= 0.3 is 11.9 Å². The van der Waals surface area contributed by atoms with Gasteiger partial charge in [-0.25, -0.2) is 4.79 Å². The van der Waals surface area contributed by atoms with Crippen LogP contribution in [0.25, 0.3) is 0 Å². The molecule has 0 bridgehead atoms. The first kappa shape index (κ1) is 28.2. The van der Waals surface area contributed by atoms with Gasteiger partial charge in [0.1, 0.15) is 0 Å². The first-order chi connectivity index (χ1) is 15.4. The van der Waals surface area contributed by atoms with Crippen LogP contribution in [0, 0.1) is 17.4 Å². The van der Waals surface area contributed by atoms with Gasteiger partial charge in [-0.05, 0) is 50.6 Å². The van der Waals surface area contributed by atoms with Gasteiger partial charge in [0.2, 0.25) is 0 Å². The van der Waals surface area contributed by atoms with Crippen LogP contribution in [0.5, 0.6) is 5.75 Å². The zero-order chi connectivity index (χ0) is 23.6. The predicted octanol–water partition coefficient (Wildman–Crippen LogP) is 3.17. The van der Waals surface area contributed by atoms with Crippen LogP contribution in [0.4, 0.5) is 0 Å². The molecule has 0 aromatic heterocycles. The molecule has 2 aromatic rings. The topological polar surface area (TPSA) is 88.9 Å². The van der Waals surface area contributed by atoms with Crippen molar-refractivity contribution in [1.82, 2.24) is 4.90 Å². The summed E-state index contributed by atoms with van der Waals surface area (Å²) in [5.74, 6) is -0.487.